The van der Waals surface area contributed by atoms with Crippen molar-refractivity contribution >= 4 is 15.9 Å². The molecular weight excluding hydrogens is 238 g/mol. The van der Waals surface area contributed by atoms with E-state index < -0.39 is 46.0 Å². The Morgan fingerprint density at radius 2 is 1.56 bits per heavy atom. The van der Waals surface area contributed by atoms with E-state index in [1.165, 1.54) is 13.8 Å². The standard InChI is InChI=1S/C8H15NO6S/c1-7(2)6(13)9(16(7,14)15)8(3-10,4-11)5-12/h10-12H,3-5H2,1-2H3. The third-order valence-corrected chi connectivity index (χ3v) is 5.40. The zero-order valence-corrected chi connectivity index (χ0v) is 9.86. The highest BCUT2D eigenvalue weighted by Crippen LogP contribution is 2.40. The average molecular weight is 253 g/mol. The molecule has 0 atom stereocenters. The maximum Gasteiger partial charge on any atom is 0.259 e. The summed E-state index contributed by atoms with van der Waals surface area (Å²) in [4.78, 5) is 11.6. The molecular formula is C8H15NO6S. The van der Waals surface area contributed by atoms with Crippen LogP contribution in [-0.2, 0) is 14.8 Å². The Hall–Kier alpha value is -0.700. The number of aliphatic hydroxyl groups is 3. The van der Waals surface area contributed by atoms with Gasteiger partial charge in [0.25, 0.3) is 15.9 Å². The predicted molar refractivity (Wildman–Crippen MR) is 53.8 cm³/mol. The van der Waals surface area contributed by atoms with Gasteiger partial charge in [0.1, 0.15) is 5.54 Å². The Morgan fingerprint density at radius 3 is 1.81 bits per heavy atom. The molecule has 7 nitrogen and oxygen atoms in total. The van der Waals surface area contributed by atoms with Gasteiger partial charge in [-0.1, -0.05) is 0 Å². The monoisotopic (exact) mass is 253 g/mol. The van der Waals surface area contributed by atoms with Crippen LogP contribution < -0.4 is 0 Å². The third-order valence-electron chi connectivity index (χ3n) is 2.90. The molecule has 0 aliphatic carbocycles. The molecule has 0 bridgehead atoms. The van der Waals surface area contributed by atoms with Crippen molar-refractivity contribution in [3.63, 3.8) is 0 Å². The summed E-state index contributed by atoms with van der Waals surface area (Å²) in [5.74, 6) is -0.746. The van der Waals surface area contributed by atoms with Crippen LogP contribution in [0.25, 0.3) is 0 Å². The van der Waals surface area contributed by atoms with Gasteiger partial charge in [-0.25, -0.2) is 12.7 Å². The van der Waals surface area contributed by atoms with Crippen molar-refractivity contribution in [2.75, 3.05) is 19.8 Å². The maximum atomic E-state index is 11.8. The lowest BCUT2D eigenvalue weighted by Gasteiger charge is -2.51. The molecule has 0 saturated carbocycles. The van der Waals surface area contributed by atoms with E-state index in [1.807, 2.05) is 0 Å². The highest BCUT2D eigenvalue weighted by molar-refractivity contribution is 7.94. The number of nitrogens with zero attached hydrogens (tertiary/aromatic N) is 1. The van der Waals surface area contributed by atoms with Gasteiger partial charge in [-0.05, 0) is 13.8 Å². The molecule has 1 aliphatic rings. The van der Waals surface area contributed by atoms with Gasteiger partial charge >= 0.3 is 0 Å². The zero-order chi connectivity index (χ0) is 12.8. The molecule has 0 spiro atoms. The fraction of sp³-hybridized carbons (Fsp3) is 0.875. The Labute approximate surface area is 93.4 Å². The average Bonchev–Trinajstić information content (AvgIpc) is 2.24. The van der Waals surface area contributed by atoms with E-state index in [0.717, 1.165) is 0 Å². The molecule has 8 heteroatoms. The summed E-state index contributed by atoms with van der Waals surface area (Å²) in [5.41, 5.74) is -1.86. The zero-order valence-electron chi connectivity index (χ0n) is 9.04. The van der Waals surface area contributed by atoms with Gasteiger partial charge in [-0.3, -0.25) is 4.79 Å². The van der Waals surface area contributed by atoms with E-state index in [1.54, 1.807) is 0 Å². The normalized spacial score (nSPS) is 23.1. The molecule has 0 aromatic carbocycles. The Morgan fingerprint density at radius 1 is 1.19 bits per heavy atom. The number of rotatable bonds is 4. The minimum absolute atomic E-state index is 0.375. The highest BCUT2D eigenvalue weighted by Gasteiger charge is 2.66. The van der Waals surface area contributed by atoms with E-state index in [4.69, 9.17) is 15.3 Å². The lowest BCUT2D eigenvalue weighted by atomic mass is 10.0. The lowest BCUT2D eigenvalue weighted by molar-refractivity contribution is -0.143. The van der Waals surface area contributed by atoms with Crippen LogP contribution in [0.4, 0.5) is 0 Å². The van der Waals surface area contributed by atoms with Crippen LogP contribution in [0.3, 0.4) is 0 Å². The molecule has 1 amide bonds. The van der Waals surface area contributed by atoms with Crippen LogP contribution in [0, 0.1) is 0 Å². The van der Waals surface area contributed by atoms with Gasteiger partial charge in [-0.15, -0.1) is 0 Å². The van der Waals surface area contributed by atoms with E-state index in [2.05, 4.69) is 0 Å². The minimum atomic E-state index is -3.94. The first-order chi connectivity index (χ1) is 7.21. The van der Waals surface area contributed by atoms with Crippen molar-refractivity contribution in [1.29, 1.82) is 0 Å². The van der Waals surface area contributed by atoms with Crippen LogP contribution in [0.1, 0.15) is 13.8 Å². The number of aliphatic hydroxyl groups excluding tert-OH is 3. The van der Waals surface area contributed by atoms with Crippen molar-refractivity contribution in [3.8, 4) is 0 Å². The van der Waals surface area contributed by atoms with Gasteiger partial charge in [-0.2, -0.15) is 0 Å². The molecule has 1 saturated heterocycles. The second-order valence-corrected chi connectivity index (χ2v) is 6.62. The Balaban J connectivity index is 3.23. The van der Waals surface area contributed by atoms with Crippen molar-refractivity contribution in [1.82, 2.24) is 4.31 Å². The van der Waals surface area contributed by atoms with Crippen LogP contribution >= 0.6 is 0 Å². The topological polar surface area (TPSA) is 115 Å². The molecule has 1 aliphatic heterocycles. The van der Waals surface area contributed by atoms with Crippen LogP contribution in [0.2, 0.25) is 0 Å². The Bertz CT molecular complexity index is 388. The molecule has 3 N–H and O–H groups in total. The van der Waals surface area contributed by atoms with Crippen molar-refractivity contribution in [2.45, 2.75) is 24.1 Å². The maximum absolute atomic E-state index is 11.8. The van der Waals surface area contributed by atoms with Gasteiger partial charge in [0.2, 0.25) is 0 Å². The summed E-state index contributed by atoms with van der Waals surface area (Å²) < 4.78 is 22.4. The van der Waals surface area contributed by atoms with Gasteiger partial charge < -0.3 is 15.3 Å². The van der Waals surface area contributed by atoms with Crippen LogP contribution in [-0.4, -0.2) is 64.1 Å². The van der Waals surface area contributed by atoms with E-state index >= 15 is 0 Å². The molecule has 16 heavy (non-hydrogen) atoms. The number of hydrogen-bond acceptors (Lipinski definition) is 6. The molecule has 0 radical (unpaired) electrons. The molecule has 0 aromatic rings. The first kappa shape index (κ1) is 13.4. The van der Waals surface area contributed by atoms with E-state index in [0.29, 0.717) is 4.31 Å². The number of amides is 1. The summed E-state index contributed by atoms with van der Waals surface area (Å²) in [7, 11) is -3.94. The first-order valence-electron chi connectivity index (χ1n) is 4.63. The van der Waals surface area contributed by atoms with E-state index in [-0.39, 0.29) is 0 Å². The summed E-state index contributed by atoms with van der Waals surface area (Å²) in [5, 5.41) is 27.2. The highest BCUT2D eigenvalue weighted by atomic mass is 32.2. The smallest absolute Gasteiger partial charge is 0.259 e. The molecule has 1 heterocycles. The molecule has 94 valence electrons. The molecule has 0 aromatic heterocycles. The fourth-order valence-corrected chi connectivity index (χ4v) is 3.23. The summed E-state index contributed by atoms with van der Waals surface area (Å²) in [6.07, 6.45) is 0. The molecule has 1 rings (SSSR count). The molecule has 1 fully saturated rings. The summed E-state index contributed by atoms with van der Waals surface area (Å²) in [6, 6.07) is 0. The fourth-order valence-electron chi connectivity index (χ4n) is 1.47. The first-order valence-corrected chi connectivity index (χ1v) is 6.07. The SMILES string of the molecule is CC1(C)C(=O)N(C(CO)(CO)CO)S1(=O)=O. The number of carbonyl (C=O) groups excluding carboxylic acids is 1. The number of hydrogen-bond donors (Lipinski definition) is 3. The van der Waals surface area contributed by atoms with Crippen LogP contribution in [0.15, 0.2) is 0 Å². The second kappa shape index (κ2) is 3.66. The summed E-state index contributed by atoms with van der Waals surface area (Å²) >= 11 is 0. The second-order valence-electron chi connectivity index (χ2n) is 4.28. The lowest BCUT2D eigenvalue weighted by Crippen LogP contribution is -2.76. The van der Waals surface area contributed by atoms with Gasteiger partial charge in [0, 0.05) is 0 Å². The summed E-state index contributed by atoms with van der Waals surface area (Å²) in [6.45, 7) is -0.0285. The predicted octanol–water partition coefficient (Wildman–Crippen LogP) is -2.35. The minimum Gasteiger partial charge on any atom is -0.394 e. The van der Waals surface area contributed by atoms with Gasteiger partial charge in [0.05, 0.1) is 19.8 Å². The van der Waals surface area contributed by atoms with Gasteiger partial charge in [0.15, 0.2) is 4.75 Å². The number of sulfonamides is 1. The van der Waals surface area contributed by atoms with Crippen LogP contribution in [0.5, 0.6) is 0 Å². The largest absolute Gasteiger partial charge is 0.394 e. The van der Waals surface area contributed by atoms with Crippen molar-refractivity contribution in [3.05, 3.63) is 0 Å². The number of carbonyl (C=O) groups is 1. The molecule has 0 unspecified atom stereocenters. The Kier molecular flexibility index (Phi) is 3.05. The third kappa shape index (κ3) is 1.30. The van der Waals surface area contributed by atoms with Crippen molar-refractivity contribution in [2.24, 2.45) is 0 Å². The van der Waals surface area contributed by atoms with Crippen molar-refractivity contribution < 1.29 is 28.5 Å². The quantitative estimate of drug-likeness (QED) is 0.517. The van der Waals surface area contributed by atoms with E-state index in [9.17, 15) is 13.2 Å².